The third-order valence-electron chi connectivity index (χ3n) is 2.04. The zero-order valence-corrected chi connectivity index (χ0v) is 8.70. The number of epoxide rings is 1. The molecule has 0 aromatic heterocycles. The summed E-state index contributed by atoms with van der Waals surface area (Å²) >= 11 is 0. The Balaban J connectivity index is 1.72. The third-order valence-corrected chi connectivity index (χ3v) is 3.43. The van der Waals surface area contributed by atoms with E-state index in [0.717, 1.165) is 5.41 Å². The van der Waals surface area contributed by atoms with Crippen LogP contribution in [0, 0.1) is 0 Å². The fraction of sp³-hybridized carbons (Fsp3) is 0.625. The van der Waals surface area contributed by atoms with E-state index in [-0.39, 0.29) is 18.5 Å². The van der Waals surface area contributed by atoms with Gasteiger partial charge in [0.15, 0.2) is 9.84 Å². The quantitative estimate of drug-likeness (QED) is 0.659. The molecule has 15 heavy (non-hydrogen) atoms. The molecule has 0 radical (unpaired) electrons. The topological polar surface area (TPSA) is 85.0 Å². The summed E-state index contributed by atoms with van der Waals surface area (Å²) < 4.78 is 31.6. The van der Waals surface area contributed by atoms with Crippen LogP contribution in [0.25, 0.3) is 0 Å². The molecule has 1 fully saturated rings. The average Bonchev–Trinajstić information content (AvgIpc) is 2.89. The van der Waals surface area contributed by atoms with Crippen molar-refractivity contribution in [1.82, 2.24) is 5.32 Å². The SMILES string of the molecule is O=C(N[C@@H]1C=CS(=O)(=O)C1)OC[C@@H]1CO1. The lowest BCUT2D eigenvalue weighted by molar-refractivity contribution is 0.135. The largest absolute Gasteiger partial charge is 0.447 e. The van der Waals surface area contributed by atoms with Gasteiger partial charge in [0.05, 0.1) is 18.4 Å². The van der Waals surface area contributed by atoms with Crippen LogP contribution in [0.3, 0.4) is 0 Å². The summed E-state index contributed by atoms with van der Waals surface area (Å²) in [5.74, 6) is -0.0952. The Bertz CT molecular complexity index is 384. The minimum Gasteiger partial charge on any atom is -0.447 e. The van der Waals surface area contributed by atoms with E-state index in [1.54, 1.807) is 0 Å². The monoisotopic (exact) mass is 233 g/mol. The molecule has 0 aliphatic carbocycles. The standard InChI is InChI=1S/C8H11NO5S/c10-8(14-4-7-3-13-7)9-6-1-2-15(11,12)5-6/h1-2,6-7H,3-5H2,(H,9,10)/t6-,7+/m1/s1. The first kappa shape index (κ1) is 10.4. The predicted octanol–water partition coefficient (Wildman–Crippen LogP) is -0.578. The number of alkyl carbamates (subject to hydrolysis) is 1. The molecule has 0 aromatic rings. The summed E-state index contributed by atoms with van der Waals surface area (Å²) in [7, 11) is -3.14. The van der Waals surface area contributed by atoms with E-state index in [2.05, 4.69) is 5.32 Å². The molecule has 0 saturated carbocycles. The van der Waals surface area contributed by atoms with Gasteiger partial charge < -0.3 is 14.8 Å². The maximum atomic E-state index is 11.1. The summed E-state index contributed by atoms with van der Waals surface area (Å²) in [5, 5.41) is 3.53. The summed E-state index contributed by atoms with van der Waals surface area (Å²) in [4.78, 5) is 11.1. The molecule has 2 aliphatic rings. The number of amides is 1. The molecular weight excluding hydrogens is 222 g/mol. The number of sulfone groups is 1. The van der Waals surface area contributed by atoms with Gasteiger partial charge in [0, 0.05) is 5.41 Å². The van der Waals surface area contributed by atoms with E-state index in [0.29, 0.717) is 6.61 Å². The van der Waals surface area contributed by atoms with Gasteiger partial charge in [-0.3, -0.25) is 0 Å². The second-order valence-electron chi connectivity index (χ2n) is 3.46. The molecule has 2 aliphatic heterocycles. The lowest BCUT2D eigenvalue weighted by atomic mass is 10.3. The van der Waals surface area contributed by atoms with E-state index in [4.69, 9.17) is 9.47 Å². The highest BCUT2D eigenvalue weighted by molar-refractivity contribution is 7.94. The van der Waals surface area contributed by atoms with Crippen molar-refractivity contribution in [2.75, 3.05) is 19.0 Å². The zero-order valence-electron chi connectivity index (χ0n) is 7.88. The second-order valence-corrected chi connectivity index (χ2v) is 5.39. The molecule has 84 valence electrons. The number of hydrogen-bond donors (Lipinski definition) is 1. The Kier molecular flexibility index (Phi) is 2.66. The summed E-state index contributed by atoms with van der Waals surface area (Å²) in [5.41, 5.74) is 0. The van der Waals surface area contributed by atoms with Crippen LogP contribution in [0.1, 0.15) is 0 Å². The highest BCUT2D eigenvalue weighted by Gasteiger charge is 2.26. The van der Waals surface area contributed by atoms with Crippen LogP contribution >= 0.6 is 0 Å². The van der Waals surface area contributed by atoms with Gasteiger partial charge in [-0.2, -0.15) is 0 Å². The Labute approximate surface area is 87.2 Å². The van der Waals surface area contributed by atoms with Crippen molar-refractivity contribution in [2.24, 2.45) is 0 Å². The molecule has 0 spiro atoms. The van der Waals surface area contributed by atoms with Crippen LogP contribution in [-0.4, -0.2) is 45.6 Å². The average molecular weight is 233 g/mol. The summed E-state index contributed by atoms with van der Waals surface area (Å²) in [6, 6.07) is -0.484. The first-order chi connectivity index (χ1) is 7.05. The fourth-order valence-electron chi connectivity index (χ4n) is 1.19. The van der Waals surface area contributed by atoms with Crippen LogP contribution in [0.5, 0.6) is 0 Å². The molecule has 2 rings (SSSR count). The van der Waals surface area contributed by atoms with Crippen molar-refractivity contribution in [3.63, 3.8) is 0 Å². The fourth-order valence-corrected chi connectivity index (χ4v) is 2.43. The molecule has 1 saturated heterocycles. The number of carbonyl (C=O) groups is 1. The van der Waals surface area contributed by atoms with Crippen LogP contribution in [0.4, 0.5) is 4.79 Å². The van der Waals surface area contributed by atoms with E-state index in [1.807, 2.05) is 0 Å². The lowest BCUT2D eigenvalue weighted by Crippen LogP contribution is -2.36. The van der Waals surface area contributed by atoms with Gasteiger partial charge in [0.25, 0.3) is 0 Å². The highest BCUT2D eigenvalue weighted by Crippen LogP contribution is 2.10. The van der Waals surface area contributed by atoms with Gasteiger partial charge in [-0.1, -0.05) is 0 Å². The maximum Gasteiger partial charge on any atom is 0.407 e. The number of ether oxygens (including phenoxy) is 2. The first-order valence-corrected chi connectivity index (χ1v) is 6.22. The van der Waals surface area contributed by atoms with Crippen molar-refractivity contribution >= 4 is 15.9 Å². The van der Waals surface area contributed by atoms with Crippen LogP contribution in [-0.2, 0) is 19.3 Å². The minimum absolute atomic E-state index is 0.0126. The van der Waals surface area contributed by atoms with Crippen molar-refractivity contribution in [2.45, 2.75) is 12.1 Å². The van der Waals surface area contributed by atoms with Gasteiger partial charge in [0.2, 0.25) is 0 Å². The molecule has 1 N–H and O–H groups in total. The van der Waals surface area contributed by atoms with Crippen LogP contribution in [0.15, 0.2) is 11.5 Å². The van der Waals surface area contributed by atoms with E-state index < -0.39 is 22.0 Å². The van der Waals surface area contributed by atoms with Gasteiger partial charge in [-0.05, 0) is 6.08 Å². The predicted molar refractivity (Wildman–Crippen MR) is 50.9 cm³/mol. The normalized spacial score (nSPS) is 31.2. The maximum absolute atomic E-state index is 11.1. The van der Waals surface area contributed by atoms with Crippen molar-refractivity contribution in [3.8, 4) is 0 Å². The van der Waals surface area contributed by atoms with Gasteiger partial charge in [0.1, 0.15) is 12.7 Å². The molecular formula is C8H11NO5S. The van der Waals surface area contributed by atoms with Gasteiger partial charge in [-0.25, -0.2) is 13.2 Å². The van der Waals surface area contributed by atoms with E-state index in [9.17, 15) is 13.2 Å². The minimum atomic E-state index is -3.14. The number of carbonyl (C=O) groups excluding carboxylic acids is 1. The molecule has 7 heteroatoms. The highest BCUT2D eigenvalue weighted by atomic mass is 32.2. The molecule has 2 heterocycles. The molecule has 1 amide bonds. The van der Waals surface area contributed by atoms with Crippen LogP contribution in [0.2, 0.25) is 0 Å². The summed E-state index contributed by atoms with van der Waals surface area (Å²) in [6.45, 7) is 0.833. The first-order valence-electron chi connectivity index (χ1n) is 4.51. The van der Waals surface area contributed by atoms with Gasteiger partial charge >= 0.3 is 6.09 Å². The molecule has 0 unspecified atom stereocenters. The Morgan fingerprint density at radius 1 is 1.60 bits per heavy atom. The van der Waals surface area contributed by atoms with Crippen LogP contribution < -0.4 is 5.32 Å². The molecule has 0 bridgehead atoms. The summed E-state index contributed by atoms with van der Waals surface area (Å²) in [6.07, 6.45) is 0.834. The second kappa shape index (κ2) is 3.82. The Hall–Kier alpha value is -1.08. The van der Waals surface area contributed by atoms with Gasteiger partial charge in [-0.15, -0.1) is 0 Å². The number of rotatable bonds is 3. The smallest absolute Gasteiger partial charge is 0.407 e. The lowest BCUT2D eigenvalue weighted by Gasteiger charge is -2.09. The Morgan fingerprint density at radius 2 is 2.33 bits per heavy atom. The Morgan fingerprint density at radius 3 is 2.87 bits per heavy atom. The molecule has 2 atom stereocenters. The number of hydrogen-bond acceptors (Lipinski definition) is 5. The molecule has 0 aromatic carbocycles. The number of nitrogens with one attached hydrogen (secondary N) is 1. The van der Waals surface area contributed by atoms with E-state index in [1.165, 1.54) is 6.08 Å². The zero-order chi connectivity index (χ0) is 10.9. The van der Waals surface area contributed by atoms with E-state index >= 15 is 0 Å². The molecule has 6 nitrogen and oxygen atoms in total. The van der Waals surface area contributed by atoms with Crippen molar-refractivity contribution in [1.29, 1.82) is 0 Å². The van der Waals surface area contributed by atoms with Crippen molar-refractivity contribution < 1.29 is 22.7 Å². The third kappa shape index (κ3) is 3.21. The van der Waals surface area contributed by atoms with Crippen molar-refractivity contribution in [3.05, 3.63) is 11.5 Å².